The predicted molar refractivity (Wildman–Crippen MR) is 77.2 cm³/mol. The fourth-order valence-electron chi connectivity index (χ4n) is 1.54. The van der Waals surface area contributed by atoms with E-state index in [0.29, 0.717) is 6.42 Å². The minimum atomic E-state index is -1.34. The number of hydrogen-bond acceptors (Lipinski definition) is 4. The second kappa shape index (κ2) is 7.24. The van der Waals surface area contributed by atoms with Gasteiger partial charge in [0.25, 0.3) is 0 Å². The zero-order chi connectivity index (χ0) is 15.3. The average molecular weight is 293 g/mol. The minimum Gasteiger partial charge on any atom is -0.444 e. The van der Waals surface area contributed by atoms with Crippen LogP contribution >= 0.6 is 0 Å². The quantitative estimate of drug-likeness (QED) is 0.846. The molecule has 0 bridgehead atoms. The van der Waals surface area contributed by atoms with Gasteiger partial charge in [-0.15, -0.1) is 0 Å². The van der Waals surface area contributed by atoms with E-state index in [4.69, 9.17) is 8.92 Å². The molecule has 0 aliphatic carbocycles. The van der Waals surface area contributed by atoms with Gasteiger partial charge < -0.3 is 10.1 Å². The molecule has 6 heteroatoms. The van der Waals surface area contributed by atoms with Crippen LogP contribution in [0.4, 0.5) is 4.79 Å². The number of carbonyl (C=O) groups excluding carboxylic acids is 1. The summed E-state index contributed by atoms with van der Waals surface area (Å²) in [6.45, 7) is 11.8. The minimum absolute atomic E-state index is 0.0261. The van der Waals surface area contributed by atoms with Gasteiger partial charge in [-0.1, -0.05) is 20.8 Å². The molecule has 19 heavy (non-hydrogen) atoms. The molecule has 2 unspecified atom stereocenters. The first kappa shape index (κ1) is 18.4. The van der Waals surface area contributed by atoms with E-state index in [-0.39, 0.29) is 18.1 Å². The lowest BCUT2D eigenvalue weighted by molar-refractivity contribution is 0.0474. The maximum Gasteiger partial charge on any atom is 0.407 e. The Morgan fingerprint density at radius 2 is 1.74 bits per heavy atom. The summed E-state index contributed by atoms with van der Waals surface area (Å²) in [7, 11) is 0. The van der Waals surface area contributed by atoms with Crippen LogP contribution < -0.4 is 5.32 Å². The average Bonchev–Trinajstić information content (AvgIpc) is 2.08. The summed E-state index contributed by atoms with van der Waals surface area (Å²) < 4.78 is 21.3. The smallest absolute Gasteiger partial charge is 0.407 e. The monoisotopic (exact) mass is 293 g/mol. The third-order valence-electron chi connectivity index (χ3n) is 2.01. The maximum absolute atomic E-state index is 11.7. The Labute approximate surface area is 119 Å². The molecule has 0 saturated heterocycles. The number of amides is 1. The summed E-state index contributed by atoms with van der Waals surface area (Å²) in [5.41, 5.74) is -0.511. The molecule has 0 radical (unpaired) electrons. The fraction of sp³-hybridized carbons (Fsp3) is 0.923. The second-order valence-corrected chi connectivity index (χ2v) is 7.83. The van der Waals surface area contributed by atoms with E-state index < -0.39 is 22.8 Å². The van der Waals surface area contributed by atoms with Crippen LogP contribution in [0.15, 0.2) is 0 Å². The molecule has 0 fully saturated rings. The molecule has 0 spiro atoms. The van der Waals surface area contributed by atoms with Crippen LogP contribution in [0.25, 0.3) is 0 Å². The summed E-state index contributed by atoms with van der Waals surface area (Å²) in [4.78, 5) is 11.7. The lowest BCUT2D eigenvalue weighted by Gasteiger charge is -2.27. The van der Waals surface area contributed by atoms with Crippen molar-refractivity contribution in [1.82, 2.24) is 5.32 Å². The summed E-state index contributed by atoms with van der Waals surface area (Å²) in [6, 6.07) is -0.223. The van der Waals surface area contributed by atoms with E-state index in [0.717, 1.165) is 0 Å². The van der Waals surface area contributed by atoms with E-state index in [9.17, 15) is 9.00 Å². The molecule has 0 aromatic carbocycles. The fourth-order valence-corrected chi connectivity index (χ4v) is 1.90. The van der Waals surface area contributed by atoms with Crippen molar-refractivity contribution >= 4 is 17.2 Å². The van der Waals surface area contributed by atoms with Gasteiger partial charge in [0.15, 0.2) is 11.1 Å². The van der Waals surface area contributed by atoms with Crippen molar-refractivity contribution in [3.8, 4) is 0 Å². The highest BCUT2D eigenvalue weighted by atomic mass is 32.2. The molecule has 0 aromatic rings. The van der Waals surface area contributed by atoms with Crippen molar-refractivity contribution in [2.75, 3.05) is 12.9 Å². The van der Waals surface area contributed by atoms with Crippen molar-refractivity contribution in [3.63, 3.8) is 0 Å². The summed E-state index contributed by atoms with van der Waals surface area (Å²) >= 11 is -1.34. The Morgan fingerprint density at radius 3 is 2.11 bits per heavy atom. The van der Waals surface area contributed by atoms with Crippen molar-refractivity contribution < 1.29 is 17.9 Å². The van der Waals surface area contributed by atoms with Gasteiger partial charge in [-0.3, -0.25) is 4.18 Å². The van der Waals surface area contributed by atoms with Gasteiger partial charge in [0.2, 0.25) is 0 Å². The van der Waals surface area contributed by atoms with Gasteiger partial charge in [-0.25, -0.2) is 9.00 Å². The summed E-state index contributed by atoms with van der Waals surface area (Å²) in [5, 5.41) is 2.76. The SMILES string of the molecule is CS(=O)OCC(CC(C)(C)C)NC(=O)OC(C)(C)C. The molecule has 0 rings (SSSR count). The highest BCUT2D eigenvalue weighted by Gasteiger charge is 2.24. The lowest BCUT2D eigenvalue weighted by Crippen LogP contribution is -2.43. The molecule has 0 aliphatic rings. The Bertz CT molecular complexity index is 318. The first-order valence-electron chi connectivity index (χ1n) is 6.35. The summed E-state index contributed by atoms with van der Waals surface area (Å²) in [5.74, 6) is 0. The Kier molecular flexibility index (Phi) is 7.00. The van der Waals surface area contributed by atoms with Crippen molar-refractivity contribution in [2.24, 2.45) is 5.41 Å². The molecular formula is C13H27NO4S. The molecule has 1 N–H and O–H groups in total. The Balaban J connectivity index is 4.48. The van der Waals surface area contributed by atoms with Crippen molar-refractivity contribution in [1.29, 1.82) is 0 Å². The zero-order valence-corrected chi connectivity index (χ0v) is 13.8. The molecule has 114 valence electrons. The van der Waals surface area contributed by atoms with E-state index in [2.05, 4.69) is 26.1 Å². The largest absolute Gasteiger partial charge is 0.444 e. The molecule has 0 aromatic heterocycles. The van der Waals surface area contributed by atoms with Gasteiger partial charge in [-0.2, -0.15) is 0 Å². The number of carbonyl (C=O) groups is 1. The highest BCUT2D eigenvalue weighted by Crippen LogP contribution is 2.21. The predicted octanol–water partition coefficient (Wildman–Crippen LogP) is 2.63. The zero-order valence-electron chi connectivity index (χ0n) is 13.0. The van der Waals surface area contributed by atoms with Gasteiger partial charge >= 0.3 is 6.09 Å². The van der Waals surface area contributed by atoms with E-state index in [1.54, 1.807) is 0 Å². The number of ether oxygens (including phenoxy) is 1. The van der Waals surface area contributed by atoms with Gasteiger partial charge in [0, 0.05) is 6.26 Å². The first-order chi connectivity index (χ1) is 8.39. The number of rotatable bonds is 5. The van der Waals surface area contributed by atoms with Gasteiger partial charge in [0.05, 0.1) is 12.6 Å². The third kappa shape index (κ3) is 12.2. The van der Waals surface area contributed by atoms with E-state index in [1.165, 1.54) is 6.26 Å². The second-order valence-electron chi connectivity index (χ2n) is 6.79. The molecule has 2 atom stereocenters. The van der Waals surface area contributed by atoms with Gasteiger partial charge in [0.1, 0.15) is 5.60 Å². The van der Waals surface area contributed by atoms with Crippen LogP contribution in [0, 0.1) is 5.41 Å². The van der Waals surface area contributed by atoms with Crippen molar-refractivity contribution in [3.05, 3.63) is 0 Å². The highest BCUT2D eigenvalue weighted by molar-refractivity contribution is 7.79. The number of nitrogens with one attached hydrogen (secondary N) is 1. The van der Waals surface area contributed by atoms with E-state index in [1.807, 2.05) is 20.8 Å². The van der Waals surface area contributed by atoms with Crippen LogP contribution in [0.5, 0.6) is 0 Å². The topological polar surface area (TPSA) is 64.6 Å². The van der Waals surface area contributed by atoms with Crippen LogP contribution in [-0.4, -0.2) is 34.8 Å². The Hall–Kier alpha value is -0.620. The lowest BCUT2D eigenvalue weighted by atomic mass is 9.88. The molecule has 0 saturated carbocycles. The Morgan fingerprint density at radius 1 is 1.21 bits per heavy atom. The maximum atomic E-state index is 11.7. The normalized spacial score (nSPS) is 15.7. The summed E-state index contributed by atoms with van der Waals surface area (Å²) in [6.07, 6.45) is 1.69. The van der Waals surface area contributed by atoms with Crippen LogP contribution in [0.1, 0.15) is 48.0 Å². The molecule has 1 amide bonds. The third-order valence-corrected chi connectivity index (χ3v) is 2.48. The van der Waals surface area contributed by atoms with Crippen LogP contribution in [0.2, 0.25) is 0 Å². The standard InChI is InChI=1S/C13H27NO4S/c1-12(2,3)8-10(9-17-19(7)16)14-11(15)18-13(4,5)6/h10H,8-9H2,1-7H3,(H,14,15). The number of hydrogen-bond donors (Lipinski definition) is 1. The van der Waals surface area contributed by atoms with Crippen LogP contribution in [0.3, 0.4) is 0 Å². The van der Waals surface area contributed by atoms with E-state index >= 15 is 0 Å². The molecule has 0 heterocycles. The molecule has 5 nitrogen and oxygen atoms in total. The van der Waals surface area contributed by atoms with Crippen molar-refractivity contribution in [2.45, 2.75) is 59.6 Å². The van der Waals surface area contributed by atoms with Crippen LogP contribution in [-0.2, 0) is 20.0 Å². The number of alkyl carbamates (subject to hydrolysis) is 1. The molecule has 0 aliphatic heterocycles. The molecular weight excluding hydrogens is 266 g/mol. The first-order valence-corrected chi connectivity index (χ1v) is 7.83. The van der Waals surface area contributed by atoms with Gasteiger partial charge in [-0.05, 0) is 32.6 Å².